The number of hydrogen-bond donors (Lipinski definition) is 1. The van der Waals surface area contributed by atoms with Crippen LogP contribution in [-0.4, -0.2) is 38.9 Å². The number of nitrogens with two attached hydrogens (primary N) is 1. The average Bonchev–Trinajstić information content (AvgIpc) is 2.79. The number of aldehydes is 1. The van der Waals surface area contributed by atoms with Gasteiger partial charge < -0.3 is 10.5 Å². The molecule has 0 radical (unpaired) electrons. The van der Waals surface area contributed by atoms with Gasteiger partial charge in [0.25, 0.3) is 0 Å². The molecule has 0 amide bonds. The minimum absolute atomic E-state index is 0.0338. The Kier molecular flexibility index (Phi) is 4.15. The summed E-state index contributed by atoms with van der Waals surface area (Å²) in [5, 5.41) is 0. The van der Waals surface area contributed by atoms with Crippen LogP contribution in [0.1, 0.15) is 24.9 Å². The van der Waals surface area contributed by atoms with E-state index in [2.05, 4.69) is 0 Å². The number of likely N-dealkylation sites (tertiary alicyclic amines) is 1. The van der Waals surface area contributed by atoms with Gasteiger partial charge in [-0.3, -0.25) is 4.90 Å². The molecular formula is C14H20N2O3S. The first-order valence-electron chi connectivity index (χ1n) is 6.68. The van der Waals surface area contributed by atoms with Gasteiger partial charge in [0, 0.05) is 17.6 Å². The van der Waals surface area contributed by atoms with Gasteiger partial charge in [-0.15, -0.1) is 0 Å². The summed E-state index contributed by atoms with van der Waals surface area (Å²) in [6.45, 7) is 2.39. The Balaban J connectivity index is 2.60. The summed E-state index contributed by atoms with van der Waals surface area (Å²) < 4.78 is 24.5. The van der Waals surface area contributed by atoms with Gasteiger partial charge in [-0.2, -0.15) is 0 Å². The van der Waals surface area contributed by atoms with E-state index >= 15 is 0 Å². The number of benzene rings is 1. The van der Waals surface area contributed by atoms with Crippen molar-refractivity contribution in [3.63, 3.8) is 0 Å². The molecule has 2 atom stereocenters. The van der Waals surface area contributed by atoms with Crippen molar-refractivity contribution in [1.29, 1.82) is 0 Å². The van der Waals surface area contributed by atoms with Crippen molar-refractivity contribution in [2.24, 2.45) is 5.92 Å². The molecule has 5 nitrogen and oxygen atoms in total. The average molecular weight is 296 g/mol. The highest BCUT2D eigenvalue weighted by Gasteiger charge is 2.36. The number of carbonyl (C=O) groups is 1. The van der Waals surface area contributed by atoms with Gasteiger partial charge in [0.15, 0.2) is 9.84 Å². The molecule has 1 aromatic rings. The van der Waals surface area contributed by atoms with Crippen LogP contribution in [0.15, 0.2) is 23.1 Å². The van der Waals surface area contributed by atoms with Crippen LogP contribution < -0.4 is 5.73 Å². The summed E-state index contributed by atoms with van der Waals surface area (Å²) in [5.74, 6) is -0.154. The van der Waals surface area contributed by atoms with E-state index in [1.807, 2.05) is 11.9 Å². The Bertz CT molecular complexity index is 613. The van der Waals surface area contributed by atoms with Crippen molar-refractivity contribution >= 4 is 21.8 Å². The van der Waals surface area contributed by atoms with E-state index in [9.17, 15) is 13.2 Å². The molecule has 1 heterocycles. The molecule has 2 N–H and O–H groups in total. The third kappa shape index (κ3) is 2.58. The molecule has 0 unspecified atom stereocenters. The second-order valence-corrected chi connectivity index (χ2v) is 7.46. The maximum atomic E-state index is 12.2. The van der Waals surface area contributed by atoms with Gasteiger partial charge in [0.05, 0.1) is 10.6 Å². The molecule has 6 heteroatoms. The van der Waals surface area contributed by atoms with Crippen LogP contribution in [0.4, 0.5) is 5.69 Å². The van der Waals surface area contributed by atoms with Crippen LogP contribution in [0.2, 0.25) is 0 Å². The van der Waals surface area contributed by atoms with Crippen molar-refractivity contribution in [3.05, 3.63) is 23.8 Å². The Morgan fingerprint density at radius 3 is 2.75 bits per heavy atom. The molecule has 0 aliphatic carbocycles. The third-order valence-corrected chi connectivity index (χ3v) is 5.74. The van der Waals surface area contributed by atoms with Gasteiger partial charge in [-0.25, -0.2) is 8.42 Å². The van der Waals surface area contributed by atoms with Crippen LogP contribution in [-0.2, 0) is 14.6 Å². The molecule has 20 heavy (non-hydrogen) atoms. The molecule has 1 aliphatic rings. The van der Waals surface area contributed by atoms with Crippen molar-refractivity contribution in [2.45, 2.75) is 24.3 Å². The Morgan fingerprint density at radius 1 is 1.45 bits per heavy atom. The zero-order valence-electron chi connectivity index (χ0n) is 11.7. The summed E-state index contributed by atoms with van der Waals surface area (Å²) in [5.41, 5.74) is 6.97. The Morgan fingerprint density at radius 2 is 2.15 bits per heavy atom. The highest BCUT2D eigenvalue weighted by atomic mass is 32.2. The smallest absolute Gasteiger partial charge is 0.178 e. The highest BCUT2D eigenvalue weighted by molar-refractivity contribution is 7.91. The molecule has 1 aromatic carbocycles. The van der Waals surface area contributed by atoms with Gasteiger partial charge in [0.2, 0.25) is 0 Å². The molecule has 1 fully saturated rings. The maximum Gasteiger partial charge on any atom is 0.178 e. The van der Waals surface area contributed by atoms with E-state index in [0.29, 0.717) is 16.1 Å². The van der Waals surface area contributed by atoms with E-state index in [4.69, 9.17) is 5.73 Å². The topological polar surface area (TPSA) is 80.5 Å². The zero-order chi connectivity index (χ0) is 14.9. The Labute approximate surface area is 119 Å². The number of nitrogens with zero attached hydrogens (tertiary/aromatic N) is 1. The summed E-state index contributed by atoms with van der Waals surface area (Å²) in [6, 6.07) is 4.62. The van der Waals surface area contributed by atoms with Crippen LogP contribution in [0.5, 0.6) is 0 Å². The minimum Gasteiger partial charge on any atom is -0.399 e. The summed E-state index contributed by atoms with van der Waals surface area (Å²) in [7, 11) is -1.43. The highest BCUT2D eigenvalue weighted by Crippen LogP contribution is 2.38. The molecular weight excluding hydrogens is 276 g/mol. The molecule has 0 saturated carbocycles. The zero-order valence-corrected chi connectivity index (χ0v) is 12.6. The van der Waals surface area contributed by atoms with E-state index in [0.717, 1.165) is 19.3 Å². The third-order valence-electron chi connectivity index (χ3n) is 3.94. The lowest BCUT2D eigenvalue weighted by atomic mass is 9.94. The normalized spacial score (nSPS) is 23.9. The van der Waals surface area contributed by atoms with Gasteiger partial charge in [0.1, 0.15) is 6.29 Å². The van der Waals surface area contributed by atoms with E-state index < -0.39 is 9.84 Å². The lowest BCUT2D eigenvalue weighted by Crippen LogP contribution is -2.24. The quantitative estimate of drug-likeness (QED) is 0.668. The van der Waals surface area contributed by atoms with E-state index in [-0.39, 0.29) is 17.7 Å². The number of carbonyl (C=O) groups excluding carboxylic acids is 1. The molecule has 0 spiro atoms. The molecule has 1 saturated heterocycles. The first-order valence-corrected chi connectivity index (χ1v) is 8.33. The lowest BCUT2D eigenvalue weighted by molar-refractivity contribution is -0.111. The second-order valence-electron chi connectivity index (χ2n) is 5.21. The molecule has 2 rings (SSSR count). The molecule has 1 aliphatic heterocycles. The monoisotopic (exact) mass is 296 g/mol. The fourth-order valence-corrected chi connectivity index (χ4v) is 3.95. The first-order chi connectivity index (χ1) is 9.40. The molecule has 0 bridgehead atoms. The van der Waals surface area contributed by atoms with Crippen molar-refractivity contribution in [1.82, 2.24) is 4.90 Å². The van der Waals surface area contributed by atoms with Crippen molar-refractivity contribution in [3.8, 4) is 0 Å². The van der Waals surface area contributed by atoms with Crippen LogP contribution >= 0.6 is 0 Å². The van der Waals surface area contributed by atoms with Crippen LogP contribution in [0, 0.1) is 5.92 Å². The molecule has 110 valence electrons. The predicted molar refractivity (Wildman–Crippen MR) is 78.1 cm³/mol. The minimum atomic E-state index is -3.34. The summed E-state index contributed by atoms with van der Waals surface area (Å²) in [6.07, 6.45) is 1.66. The van der Waals surface area contributed by atoms with E-state index in [1.54, 1.807) is 25.1 Å². The fraction of sp³-hybridized carbons (Fsp3) is 0.500. The number of nitrogen functional groups attached to an aromatic ring is 1. The second kappa shape index (κ2) is 5.54. The number of anilines is 1. The first kappa shape index (κ1) is 15.0. The van der Waals surface area contributed by atoms with Crippen molar-refractivity contribution in [2.75, 3.05) is 25.1 Å². The lowest BCUT2D eigenvalue weighted by Gasteiger charge is -2.25. The fourth-order valence-electron chi connectivity index (χ4n) is 2.82. The maximum absolute atomic E-state index is 12.2. The largest absolute Gasteiger partial charge is 0.399 e. The number of rotatable bonds is 4. The summed E-state index contributed by atoms with van der Waals surface area (Å²) >= 11 is 0. The van der Waals surface area contributed by atoms with E-state index in [1.165, 1.54) is 0 Å². The van der Waals surface area contributed by atoms with Crippen LogP contribution in [0.25, 0.3) is 0 Å². The van der Waals surface area contributed by atoms with Gasteiger partial charge in [-0.1, -0.05) is 6.92 Å². The SMILES string of the molecule is CCS(=O)(=O)c1ccc(N)cc1[C@H]1[C@H](C=O)CCN1C. The standard InChI is InChI=1S/C14H20N2O3S/c1-3-20(18,19)13-5-4-11(15)8-12(13)14-10(9-17)6-7-16(14)2/h4-5,8-10,14H,3,6-7,15H2,1-2H3/t10-,14+/m0/s1. The number of hydrogen-bond acceptors (Lipinski definition) is 5. The Hall–Kier alpha value is -1.40. The predicted octanol–water partition coefficient (Wildman–Crippen LogP) is 1.25. The summed E-state index contributed by atoms with van der Waals surface area (Å²) in [4.78, 5) is 13.6. The van der Waals surface area contributed by atoms with Crippen LogP contribution in [0.3, 0.4) is 0 Å². The molecule has 0 aromatic heterocycles. The van der Waals surface area contributed by atoms with Crippen molar-refractivity contribution < 1.29 is 13.2 Å². The number of sulfone groups is 1. The van der Waals surface area contributed by atoms with Gasteiger partial charge >= 0.3 is 0 Å². The van der Waals surface area contributed by atoms with Gasteiger partial charge in [-0.05, 0) is 43.8 Å².